The molecule has 0 radical (unpaired) electrons. The number of hydrogen-bond donors (Lipinski definition) is 1. The maximum atomic E-state index is 13.5. The van der Waals surface area contributed by atoms with Crippen LogP contribution in [0, 0.1) is 19.7 Å². The zero-order valence-electron chi connectivity index (χ0n) is 13.1. The fraction of sp³-hybridized carbons (Fsp3) is 0.111. The van der Waals surface area contributed by atoms with Gasteiger partial charge in [-0.05, 0) is 49.7 Å². The summed E-state index contributed by atoms with van der Waals surface area (Å²) in [5.41, 5.74) is 2.76. The molecule has 0 saturated carbocycles. The lowest BCUT2D eigenvalue weighted by atomic mass is 10.1. The molecule has 122 valence electrons. The molecule has 3 rings (SSSR count). The van der Waals surface area contributed by atoms with Gasteiger partial charge in [0.25, 0.3) is 5.91 Å². The Bertz CT molecular complexity index is 921. The number of amides is 1. The van der Waals surface area contributed by atoms with Crippen LogP contribution in [0.4, 0.5) is 10.1 Å². The lowest BCUT2D eigenvalue weighted by Gasteiger charge is -2.07. The molecule has 0 atom stereocenters. The molecule has 1 aromatic heterocycles. The first-order valence-electron chi connectivity index (χ1n) is 7.25. The summed E-state index contributed by atoms with van der Waals surface area (Å²) in [6.07, 6.45) is 0. The van der Waals surface area contributed by atoms with Gasteiger partial charge in [-0.25, -0.2) is 4.39 Å². The summed E-state index contributed by atoms with van der Waals surface area (Å²) in [5.74, 6) is -0.377. The van der Waals surface area contributed by atoms with Crippen molar-refractivity contribution in [1.29, 1.82) is 0 Å². The second-order valence-electron chi connectivity index (χ2n) is 5.39. The number of nitrogens with one attached hydrogen (secondary N) is 1. The molecule has 0 aliphatic rings. The van der Waals surface area contributed by atoms with Crippen molar-refractivity contribution in [3.05, 3.63) is 69.6 Å². The number of aryl methyl sites for hydroxylation is 2. The number of aromatic nitrogens is 1. The van der Waals surface area contributed by atoms with Gasteiger partial charge in [-0.2, -0.15) is 0 Å². The van der Waals surface area contributed by atoms with Crippen LogP contribution < -0.4 is 5.32 Å². The standard InChI is InChI=1S/C18H14BrFN2O2/c1-10-8-14(6-7-15(10)19)21-18(23)16-11(2)24-22-17(16)12-4-3-5-13(20)9-12/h3-9H,1-2H3,(H,21,23). The molecule has 0 aliphatic heterocycles. The second-order valence-corrected chi connectivity index (χ2v) is 6.25. The van der Waals surface area contributed by atoms with Crippen molar-refractivity contribution >= 4 is 27.5 Å². The SMILES string of the molecule is Cc1cc(NC(=O)c2c(-c3cccc(F)c3)noc2C)ccc1Br. The molecule has 0 spiro atoms. The molecule has 2 aromatic carbocycles. The fourth-order valence-corrected chi connectivity index (χ4v) is 2.64. The van der Waals surface area contributed by atoms with Crippen molar-refractivity contribution in [2.45, 2.75) is 13.8 Å². The molecule has 0 bridgehead atoms. The van der Waals surface area contributed by atoms with E-state index in [2.05, 4.69) is 26.4 Å². The first-order valence-corrected chi connectivity index (χ1v) is 8.04. The maximum absolute atomic E-state index is 13.5. The minimum Gasteiger partial charge on any atom is -0.360 e. The minimum absolute atomic E-state index is 0.293. The highest BCUT2D eigenvalue weighted by Gasteiger charge is 2.22. The molecule has 1 heterocycles. The van der Waals surface area contributed by atoms with E-state index in [1.54, 1.807) is 25.1 Å². The smallest absolute Gasteiger partial charge is 0.261 e. The predicted octanol–water partition coefficient (Wildman–Crippen LogP) is 5.11. The van der Waals surface area contributed by atoms with Crippen LogP contribution in [0.15, 0.2) is 51.5 Å². The topological polar surface area (TPSA) is 55.1 Å². The van der Waals surface area contributed by atoms with Crippen LogP contribution in [-0.2, 0) is 0 Å². The highest BCUT2D eigenvalue weighted by molar-refractivity contribution is 9.10. The molecule has 1 amide bonds. The Kier molecular flexibility index (Phi) is 4.49. The van der Waals surface area contributed by atoms with Gasteiger partial charge in [0.15, 0.2) is 0 Å². The van der Waals surface area contributed by atoms with E-state index in [0.717, 1.165) is 10.0 Å². The lowest BCUT2D eigenvalue weighted by Crippen LogP contribution is -2.13. The van der Waals surface area contributed by atoms with Gasteiger partial charge in [0.05, 0.1) is 0 Å². The number of carbonyl (C=O) groups is 1. The van der Waals surface area contributed by atoms with Gasteiger partial charge in [-0.3, -0.25) is 4.79 Å². The van der Waals surface area contributed by atoms with Gasteiger partial charge < -0.3 is 9.84 Å². The summed E-state index contributed by atoms with van der Waals surface area (Å²) in [5, 5.41) is 6.74. The summed E-state index contributed by atoms with van der Waals surface area (Å²) in [6.45, 7) is 3.58. The molecule has 0 saturated heterocycles. The van der Waals surface area contributed by atoms with Gasteiger partial charge in [0, 0.05) is 15.7 Å². The van der Waals surface area contributed by atoms with E-state index in [-0.39, 0.29) is 5.91 Å². The van der Waals surface area contributed by atoms with Crippen molar-refractivity contribution in [3.63, 3.8) is 0 Å². The number of nitrogens with zero attached hydrogens (tertiary/aromatic N) is 1. The molecular weight excluding hydrogens is 375 g/mol. The van der Waals surface area contributed by atoms with E-state index in [4.69, 9.17) is 4.52 Å². The van der Waals surface area contributed by atoms with Gasteiger partial charge in [0.2, 0.25) is 0 Å². The second kappa shape index (κ2) is 6.57. The summed E-state index contributed by atoms with van der Waals surface area (Å²) in [6, 6.07) is 11.4. The van der Waals surface area contributed by atoms with E-state index in [9.17, 15) is 9.18 Å². The molecule has 6 heteroatoms. The zero-order chi connectivity index (χ0) is 17.3. The average Bonchev–Trinajstić information content (AvgIpc) is 2.93. The molecule has 3 aromatic rings. The first kappa shape index (κ1) is 16.4. The maximum Gasteiger partial charge on any atom is 0.261 e. The number of carbonyl (C=O) groups excluding carboxylic acids is 1. The number of hydrogen-bond acceptors (Lipinski definition) is 3. The molecule has 0 fully saturated rings. The third-order valence-corrected chi connectivity index (χ3v) is 4.49. The van der Waals surface area contributed by atoms with Crippen molar-refractivity contribution in [2.75, 3.05) is 5.32 Å². The lowest BCUT2D eigenvalue weighted by molar-refractivity contribution is 0.102. The zero-order valence-corrected chi connectivity index (χ0v) is 14.6. The third-order valence-electron chi connectivity index (χ3n) is 3.60. The molecule has 24 heavy (non-hydrogen) atoms. The van der Waals surface area contributed by atoms with E-state index < -0.39 is 5.82 Å². The van der Waals surface area contributed by atoms with Crippen LogP contribution in [0.2, 0.25) is 0 Å². The summed E-state index contributed by atoms with van der Waals surface area (Å²) in [7, 11) is 0. The highest BCUT2D eigenvalue weighted by Crippen LogP contribution is 2.27. The van der Waals surface area contributed by atoms with Crippen molar-refractivity contribution in [3.8, 4) is 11.3 Å². The Morgan fingerprint density at radius 2 is 2.00 bits per heavy atom. The van der Waals surface area contributed by atoms with Gasteiger partial charge in [-0.15, -0.1) is 0 Å². The number of benzene rings is 2. The molecule has 1 N–H and O–H groups in total. The van der Waals surface area contributed by atoms with Crippen molar-refractivity contribution in [2.24, 2.45) is 0 Å². The monoisotopic (exact) mass is 388 g/mol. The molecule has 0 aliphatic carbocycles. The predicted molar refractivity (Wildman–Crippen MR) is 93.5 cm³/mol. The largest absolute Gasteiger partial charge is 0.360 e. The van der Waals surface area contributed by atoms with Crippen LogP contribution in [0.25, 0.3) is 11.3 Å². The van der Waals surface area contributed by atoms with E-state index in [1.807, 2.05) is 19.1 Å². The Hall–Kier alpha value is -2.47. The Labute approximate surface area is 146 Å². The van der Waals surface area contributed by atoms with Crippen LogP contribution >= 0.6 is 15.9 Å². The fourth-order valence-electron chi connectivity index (χ4n) is 2.39. The highest BCUT2D eigenvalue weighted by atomic mass is 79.9. The Morgan fingerprint density at radius 3 is 2.71 bits per heavy atom. The van der Waals surface area contributed by atoms with Crippen LogP contribution in [0.3, 0.4) is 0 Å². The molecule has 0 unspecified atom stereocenters. The minimum atomic E-state index is -0.400. The summed E-state index contributed by atoms with van der Waals surface area (Å²) in [4.78, 5) is 12.7. The molecule has 4 nitrogen and oxygen atoms in total. The number of rotatable bonds is 3. The van der Waals surface area contributed by atoms with E-state index >= 15 is 0 Å². The number of halogens is 2. The number of anilines is 1. The van der Waals surface area contributed by atoms with Gasteiger partial charge in [0.1, 0.15) is 22.8 Å². The van der Waals surface area contributed by atoms with Gasteiger partial charge in [-0.1, -0.05) is 33.2 Å². The van der Waals surface area contributed by atoms with Crippen molar-refractivity contribution < 1.29 is 13.7 Å². The first-order chi connectivity index (χ1) is 11.5. The molecular formula is C18H14BrFN2O2. The summed E-state index contributed by atoms with van der Waals surface area (Å²) >= 11 is 3.42. The quantitative estimate of drug-likeness (QED) is 0.677. The Morgan fingerprint density at radius 1 is 1.21 bits per heavy atom. The van der Waals surface area contributed by atoms with Crippen LogP contribution in [-0.4, -0.2) is 11.1 Å². The van der Waals surface area contributed by atoms with Gasteiger partial charge >= 0.3 is 0 Å². The summed E-state index contributed by atoms with van der Waals surface area (Å²) < 4.78 is 19.6. The average molecular weight is 389 g/mol. The van der Waals surface area contributed by atoms with Crippen LogP contribution in [0.1, 0.15) is 21.7 Å². The van der Waals surface area contributed by atoms with E-state index in [0.29, 0.717) is 28.3 Å². The van der Waals surface area contributed by atoms with Crippen molar-refractivity contribution in [1.82, 2.24) is 5.16 Å². The van der Waals surface area contributed by atoms with E-state index in [1.165, 1.54) is 12.1 Å². The normalized spacial score (nSPS) is 10.7. The third kappa shape index (κ3) is 3.23. The Balaban J connectivity index is 1.95. The van der Waals surface area contributed by atoms with Crippen LogP contribution in [0.5, 0.6) is 0 Å².